The molecular weight excluding hydrogens is 210 g/mol. The number of hydrogen-bond donors (Lipinski definition) is 2. The highest BCUT2D eigenvalue weighted by Crippen LogP contribution is 2.42. The molecule has 0 atom stereocenters. The van der Waals surface area contributed by atoms with Crippen molar-refractivity contribution in [2.24, 2.45) is 5.41 Å². The van der Waals surface area contributed by atoms with Crippen molar-refractivity contribution < 1.29 is 19.8 Å². The van der Waals surface area contributed by atoms with Crippen LogP contribution in [0.15, 0.2) is 0 Å². The number of aliphatic hydroxyl groups excluding tert-OH is 1. The van der Waals surface area contributed by atoms with Crippen molar-refractivity contribution in [2.75, 3.05) is 13.1 Å². The van der Waals surface area contributed by atoms with Gasteiger partial charge in [0.2, 0.25) is 5.91 Å². The Kier molecular flexibility index (Phi) is 2.88. The molecular formula is C11H17NO4. The van der Waals surface area contributed by atoms with Gasteiger partial charge in [-0.3, -0.25) is 9.59 Å². The Balaban J connectivity index is 1.96. The van der Waals surface area contributed by atoms with E-state index in [4.69, 9.17) is 5.11 Å². The summed E-state index contributed by atoms with van der Waals surface area (Å²) >= 11 is 0. The van der Waals surface area contributed by atoms with Crippen LogP contribution in [0.4, 0.5) is 0 Å². The van der Waals surface area contributed by atoms with E-state index in [2.05, 4.69) is 0 Å². The van der Waals surface area contributed by atoms with Gasteiger partial charge in [-0.2, -0.15) is 0 Å². The standard InChI is InChI=1S/C11H17NO4/c13-8-6-12(7-8)9(14)5-11(10(15)16)3-1-2-4-11/h8,13H,1-7H2,(H,15,16). The smallest absolute Gasteiger partial charge is 0.310 e. The maximum absolute atomic E-state index is 11.8. The van der Waals surface area contributed by atoms with Crippen molar-refractivity contribution in [3.63, 3.8) is 0 Å². The zero-order valence-electron chi connectivity index (χ0n) is 9.19. The Morgan fingerprint density at radius 3 is 2.25 bits per heavy atom. The predicted octanol–water partition coefficient (Wildman–Crippen LogP) is 0.225. The first kappa shape index (κ1) is 11.4. The molecule has 0 bridgehead atoms. The van der Waals surface area contributed by atoms with E-state index >= 15 is 0 Å². The van der Waals surface area contributed by atoms with Gasteiger partial charge in [0.1, 0.15) is 0 Å². The van der Waals surface area contributed by atoms with Gasteiger partial charge in [0.15, 0.2) is 0 Å². The third kappa shape index (κ3) is 1.91. The Hall–Kier alpha value is -1.10. The molecule has 16 heavy (non-hydrogen) atoms. The third-order valence-electron chi connectivity index (χ3n) is 3.72. The van der Waals surface area contributed by atoms with Crippen LogP contribution < -0.4 is 0 Å². The summed E-state index contributed by atoms with van der Waals surface area (Å²) < 4.78 is 0. The molecule has 2 fully saturated rings. The van der Waals surface area contributed by atoms with Crippen molar-refractivity contribution in [3.8, 4) is 0 Å². The van der Waals surface area contributed by atoms with Crippen LogP contribution in [0.1, 0.15) is 32.1 Å². The van der Waals surface area contributed by atoms with Crippen LogP contribution in [0.3, 0.4) is 0 Å². The van der Waals surface area contributed by atoms with Crippen LogP contribution in [0.25, 0.3) is 0 Å². The molecule has 1 aliphatic carbocycles. The number of hydrogen-bond acceptors (Lipinski definition) is 3. The van der Waals surface area contributed by atoms with E-state index in [1.165, 1.54) is 4.90 Å². The highest BCUT2D eigenvalue weighted by Gasteiger charge is 2.44. The minimum atomic E-state index is -0.848. The number of nitrogens with zero attached hydrogens (tertiary/aromatic N) is 1. The Bertz CT molecular complexity index is 303. The molecule has 1 aliphatic heterocycles. The van der Waals surface area contributed by atoms with E-state index in [-0.39, 0.29) is 12.3 Å². The van der Waals surface area contributed by atoms with Crippen molar-refractivity contribution >= 4 is 11.9 Å². The Morgan fingerprint density at radius 2 is 1.81 bits per heavy atom. The summed E-state index contributed by atoms with van der Waals surface area (Å²) in [7, 11) is 0. The molecule has 0 aromatic rings. The molecule has 2 aliphatic rings. The van der Waals surface area contributed by atoms with E-state index in [0.29, 0.717) is 25.9 Å². The highest BCUT2D eigenvalue weighted by molar-refractivity contribution is 5.85. The first-order chi connectivity index (χ1) is 7.53. The lowest BCUT2D eigenvalue weighted by Crippen LogP contribution is -2.54. The molecule has 0 aromatic heterocycles. The number of carboxylic acid groups (broad SMARTS) is 1. The largest absolute Gasteiger partial charge is 0.481 e. The lowest BCUT2D eigenvalue weighted by atomic mass is 9.82. The van der Waals surface area contributed by atoms with Crippen molar-refractivity contribution in [1.82, 2.24) is 4.90 Å². The number of likely N-dealkylation sites (tertiary alicyclic amines) is 1. The quantitative estimate of drug-likeness (QED) is 0.723. The third-order valence-corrected chi connectivity index (χ3v) is 3.72. The second-order valence-corrected chi connectivity index (χ2v) is 4.92. The second kappa shape index (κ2) is 4.05. The molecule has 0 aromatic carbocycles. The summed E-state index contributed by atoms with van der Waals surface area (Å²) in [6.45, 7) is 0.711. The number of carboxylic acids is 1. The average Bonchev–Trinajstić information content (AvgIpc) is 2.62. The minimum absolute atomic E-state index is 0.0923. The van der Waals surface area contributed by atoms with Crippen molar-refractivity contribution in [3.05, 3.63) is 0 Å². The summed E-state index contributed by atoms with van der Waals surface area (Å²) in [4.78, 5) is 24.6. The fourth-order valence-corrected chi connectivity index (χ4v) is 2.58. The van der Waals surface area contributed by atoms with E-state index in [1.54, 1.807) is 0 Å². The van der Waals surface area contributed by atoms with Crippen LogP contribution >= 0.6 is 0 Å². The number of carbonyl (C=O) groups excluding carboxylic acids is 1. The van der Waals surface area contributed by atoms with Crippen molar-refractivity contribution in [1.29, 1.82) is 0 Å². The number of carbonyl (C=O) groups is 2. The molecule has 0 spiro atoms. The molecule has 2 N–H and O–H groups in total. The number of rotatable bonds is 3. The van der Waals surface area contributed by atoms with E-state index in [0.717, 1.165) is 12.8 Å². The predicted molar refractivity (Wildman–Crippen MR) is 55.7 cm³/mol. The molecule has 5 heteroatoms. The molecule has 1 saturated heterocycles. The van der Waals surface area contributed by atoms with Crippen LogP contribution in [-0.4, -0.2) is 46.2 Å². The van der Waals surface area contributed by atoms with Gasteiger partial charge in [-0.25, -0.2) is 0 Å². The van der Waals surface area contributed by atoms with Gasteiger partial charge in [0.05, 0.1) is 11.5 Å². The molecule has 0 unspecified atom stereocenters. The number of aliphatic hydroxyl groups is 1. The fraction of sp³-hybridized carbons (Fsp3) is 0.818. The van der Waals surface area contributed by atoms with Crippen LogP contribution in [0, 0.1) is 5.41 Å². The summed E-state index contributed by atoms with van der Waals surface area (Å²) in [5.41, 5.74) is -0.836. The molecule has 1 heterocycles. The van der Waals surface area contributed by atoms with E-state index in [1.807, 2.05) is 0 Å². The monoisotopic (exact) mass is 227 g/mol. The second-order valence-electron chi connectivity index (χ2n) is 4.92. The molecule has 5 nitrogen and oxygen atoms in total. The first-order valence-electron chi connectivity index (χ1n) is 5.73. The van der Waals surface area contributed by atoms with Gasteiger partial charge in [-0.15, -0.1) is 0 Å². The maximum atomic E-state index is 11.8. The minimum Gasteiger partial charge on any atom is -0.481 e. The Morgan fingerprint density at radius 1 is 1.25 bits per heavy atom. The zero-order chi connectivity index (χ0) is 11.8. The topological polar surface area (TPSA) is 77.8 Å². The van der Waals surface area contributed by atoms with Gasteiger partial charge in [0, 0.05) is 19.5 Å². The van der Waals surface area contributed by atoms with Crippen LogP contribution in [-0.2, 0) is 9.59 Å². The summed E-state index contributed by atoms with van der Waals surface area (Å²) in [6, 6.07) is 0. The van der Waals surface area contributed by atoms with Gasteiger partial charge in [0.25, 0.3) is 0 Å². The summed E-state index contributed by atoms with van der Waals surface area (Å²) in [5, 5.41) is 18.3. The zero-order valence-corrected chi connectivity index (χ0v) is 9.19. The van der Waals surface area contributed by atoms with Crippen molar-refractivity contribution in [2.45, 2.75) is 38.2 Å². The lowest BCUT2D eigenvalue weighted by Gasteiger charge is -2.37. The lowest BCUT2D eigenvalue weighted by molar-refractivity contribution is -0.156. The normalized spacial score (nSPS) is 24.2. The van der Waals surface area contributed by atoms with Gasteiger partial charge >= 0.3 is 5.97 Å². The molecule has 1 amide bonds. The van der Waals surface area contributed by atoms with Crippen LogP contribution in [0.5, 0.6) is 0 Å². The summed E-state index contributed by atoms with van der Waals surface area (Å²) in [5.74, 6) is -0.978. The summed E-state index contributed by atoms with van der Waals surface area (Å²) in [6.07, 6.45) is 2.65. The first-order valence-corrected chi connectivity index (χ1v) is 5.73. The molecule has 2 rings (SSSR count). The molecule has 90 valence electrons. The fourth-order valence-electron chi connectivity index (χ4n) is 2.58. The number of aliphatic carboxylic acids is 1. The maximum Gasteiger partial charge on any atom is 0.310 e. The SMILES string of the molecule is O=C(CC1(C(=O)O)CCCC1)N1CC(O)C1. The van der Waals surface area contributed by atoms with Gasteiger partial charge < -0.3 is 15.1 Å². The van der Waals surface area contributed by atoms with Gasteiger partial charge in [-0.05, 0) is 12.8 Å². The number of β-amino-alcohol motifs (C(OH)–C–C–N with tert-alkyl or cyclic N) is 1. The van der Waals surface area contributed by atoms with E-state index in [9.17, 15) is 14.7 Å². The molecule has 1 saturated carbocycles. The van der Waals surface area contributed by atoms with Crippen LogP contribution in [0.2, 0.25) is 0 Å². The number of amides is 1. The Labute approximate surface area is 94.0 Å². The highest BCUT2D eigenvalue weighted by atomic mass is 16.4. The average molecular weight is 227 g/mol. The molecule has 0 radical (unpaired) electrons. The van der Waals surface area contributed by atoms with Gasteiger partial charge in [-0.1, -0.05) is 12.8 Å². The van der Waals surface area contributed by atoms with E-state index < -0.39 is 17.5 Å².